The number of hydrogen-bond donors (Lipinski definition) is 0. The van der Waals surface area contributed by atoms with Gasteiger partial charge >= 0.3 is 10.4 Å². The van der Waals surface area contributed by atoms with Crippen molar-refractivity contribution in [2.24, 2.45) is 0 Å². The van der Waals surface area contributed by atoms with Gasteiger partial charge in [-0.1, -0.05) is 60.7 Å². The van der Waals surface area contributed by atoms with E-state index in [0.717, 1.165) is 11.1 Å². The largest absolute Gasteiger partial charge is 0.403 e. The first-order valence-electron chi connectivity index (χ1n) is 8.65. The summed E-state index contributed by atoms with van der Waals surface area (Å²) in [5.74, 6) is 0. The van der Waals surface area contributed by atoms with Crippen molar-refractivity contribution in [2.75, 3.05) is 6.61 Å². The van der Waals surface area contributed by atoms with E-state index in [1.54, 1.807) is 0 Å². The van der Waals surface area contributed by atoms with Crippen molar-refractivity contribution in [3.63, 3.8) is 0 Å². The third-order valence-electron chi connectivity index (χ3n) is 4.39. The minimum absolute atomic E-state index is 0.230. The van der Waals surface area contributed by atoms with Crippen molar-refractivity contribution in [3.05, 3.63) is 71.8 Å². The third kappa shape index (κ3) is 4.55. The van der Waals surface area contributed by atoms with Gasteiger partial charge in [-0.15, -0.1) is 0 Å². The van der Waals surface area contributed by atoms with Crippen LogP contribution in [0.5, 0.6) is 0 Å². The fraction of sp³-hybridized carbons (Fsp3) is 0.368. The Balaban J connectivity index is 1.39. The van der Waals surface area contributed by atoms with E-state index in [1.807, 2.05) is 60.7 Å². The quantitative estimate of drug-likeness (QED) is 0.714. The molecule has 0 saturated carbocycles. The number of hydrogen-bond acceptors (Lipinski definition) is 7. The lowest BCUT2D eigenvalue weighted by molar-refractivity contribution is -0.108. The van der Waals surface area contributed by atoms with Gasteiger partial charge < -0.3 is 14.2 Å². The highest BCUT2D eigenvalue weighted by molar-refractivity contribution is 7.82. The molecule has 0 N–H and O–H groups in total. The molecule has 2 heterocycles. The Morgan fingerprint density at radius 2 is 1.48 bits per heavy atom. The third-order valence-corrected chi connectivity index (χ3v) is 5.27. The summed E-state index contributed by atoms with van der Waals surface area (Å²) in [6, 6.07) is 19.3. The fourth-order valence-corrected chi connectivity index (χ4v) is 4.02. The van der Waals surface area contributed by atoms with Crippen molar-refractivity contribution in [1.82, 2.24) is 0 Å². The summed E-state index contributed by atoms with van der Waals surface area (Å²) in [5, 5.41) is 0. The zero-order chi connectivity index (χ0) is 18.7. The highest BCUT2D eigenvalue weighted by Gasteiger charge is 2.55. The summed E-state index contributed by atoms with van der Waals surface area (Å²) < 4.78 is 50.3. The van der Waals surface area contributed by atoms with Crippen LogP contribution in [-0.2, 0) is 46.2 Å². The molecule has 1 unspecified atom stereocenters. The van der Waals surface area contributed by atoms with Gasteiger partial charge in [-0.3, -0.25) is 0 Å². The molecular weight excluding hydrogens is 372 g/mol. The van der Waals surface area contributed by atoms with E-state index >= 15 is 0 Å². The standard InChI is InChI=1S/C19H20O7S/c20-27(21)25-18-17(23-12-15-9-5-2-6-10-15)16(24-19(18)26-27)13-22-11-14-7-3-1-4-8-14/h1-10,16-19H,11-13H2/t16-,17+,18-,19?/m1/s1. The predicted octanol–water partition coefficient (Wildman–Crippen LogP) is 2.17. The lowest BCUT2D eigenvalue weighted by Gasteiger charge is -2.21. The summed E-state index contributed by atoms with van der Waals surface area (Å²) >= 11 is 0. The smallest absolute Gasteiger partial charge is 0.374 e. The zero-order valence-electron chi connectivity index (χ0n) is 14.5. The van der Waals surface area contributed by atoms with Crippen LogP contribution >= 0.6 is 0 Å². The van der Waals surface area contributed by atoms with Crippen LogP contribution < -0.4 is 0 Å². The van der Waals surface area contributed by atoms with E-state index in [4.69, 9.17) is 22.6 Å². The molecule has 4 atom stereocenters. The number of fused-ring (bicyclic) bond motifs is 1. The van der Waals surface area contributed by atoms with E-state index in [2.05, 4.69) is 0 Å². The Bertz CT molecular complexity index is 841. The van der Waals surface area contributed by atoms with Gasteiger partial charge in [0.15, 0.2) is 6.10 Å². The Labute approximate surface area is 158 Å². The molecule has 0 aromatic heterocycles. The molecule has 0 aliphatic carbocycles. The number of benzene rings is 2. The number of ether oxygens (including phenoxy) is 3. The first-order chi connectivity index (χ1) is 13.1. The molecule has 144 valence electrons. The molecule has 2 aliphatic heterocycles. The van der Waals surface area contributed by atoms with Gasteiger partial charge in [-0.05, 0) is 11.1 Å². The normalized spacial score (nSPS) is 28.9. The molecule has 0 bridgehead atoms. The van der Waals surface area contributed by atoms with Crippen LogP contribution in [0.4, 0.5) is 0 Å². The van der Waals surface area contributed by atoms with Gasteiger partial charge in [-0.2, -0.15) is 8.42 Å². The molecule has 0 amide bonds. The SMILES string of the molecule is O=S1(=O)OC2O[C@H](COCc3ccccc3)[C@H](OCc3ccccc3)[C@H]2O1. The average molecular weight is 392 g/mol. The van der Waals surface area contributed by atoms with Crippen LogP contribution in [0, 0.1) is 0 Å². The lowest BCUT2D eigenvalue weighted by atomic mass is 10.1. The summed E-state index contributed by atoms with van der Waals surface area (Å²) in [4.78, 5) is 0. The first kappa shape index (κ1) is 18.5. The molecule has 4 rings (SSSR count). The molecule has 2 fully saturated rings. The van der Waals surface area contributed by atoms with Gasteiger partial charge in [0, 0.05) is 0 Å². The van der Waals surface area contributed by atoms with E-state index in [0.29, 0.717) is 13.2 Å². The van der Waals surface area contributed by atoms with Crippen molar-refractivity contribution < 1.29 is 31.0 Å². The highest BCUT2D eigenvalue weighted by atomic mass is 32.3. The monoisotopic (exact) mass is 392 g/mol. The topological polar surface area (TPSA) is 80.3 Å². The van der Waals surface area contributed by atoms with Crippen LogP contribution in [0.1, 0.15) is 11.1 Å². The maximum absolute atomic E-state index is 11.6. The molecule has 8 heteroatoms. The van der Waals surface area contributed by atoms with Crippen LogP contribution in [0.3, 0.4) is 0 Å². The molecule has 2 saturated heterocycles. The van der Waals surface area contributed by atoms with Crippen molar-refractivity contribution in [3.8, 4) is 0 Å². The second kappa shape index (κ2) is 8.05. The summed E-state index contributed by atoms with van der Waals surface area (Å²) in [6.07, 6.45) is -2.98. The van der Waals surface area contributed by atoms with Gasteiger partial charge in [0.2, 0.25) is 6.29 Å². The molecule has 27 heavy (non-hydrogen) atoms. The molecule has 2 aliphatic rings. The van der Waals surface area contributed by atoms with Crippen molar-refractivity contribution in [2.45, 2.75) is 37.8 Å². The fourth-order valence-electron chi connectivity index (χ4n) is 3.12. The number of rotatable bonds is 7. The Morgan fingerprint density at radius 3 is 2.15 bits per heavy atom. The summed E-state index contributed by atoms with van der Waals surface area (Å²) in [6.45, 7) is 0.951. The second-order valence-electron chi connectivity index (χ2n) is 6.37. The van der Waals surface area contributed by atoms with Gasteiger partial charge in [0.1, 0.15) is 12.2 Å². The summed E-state index contributed by atoms with van der Waals surface area (Å²) in [7, 11) is -4.05. The maximum atomic E-state index is 11.6. The van der Waals surface area contributed by atoms with Crippen LogP contribution in [0.25, 0.3) is 0 Å². The molecule has 7 nitrogen and oxygen atoms in total. The second-order valence-corrected chi connectivity index (χ2v) is 7.57. The molecule has 0 spiro atoms. The Morgan fingerprint density at radius 1 is 0.852 bits per heavy atom. The van der Waals surface area contributed by atoms with Crippen molar-refractivity contribution >= 4 is 10.4 Å². The first-order valence-corrected chi connectivity index (χ1v) is 9.98. The molecular formula is C19H20O7S. The minimum Gasteiger partial charge on any atom is -0.374 e. The van der Waals surface area contributed by atoms with E-state index in [-0.39, 0.29) is 6.61 Å². The Kier molecular flexibility index (Phi) is 5.53. The van der Waals surface area contributed by atoms with Gasteiger partial charge in [-0.25, -0.2) is 8.37 Å². The van der Waals surface area contributed by atoms with Gasteiger partial charge in [0.25, 0.3) is 0 Å². The lowest BCUT2D eigenvalue weighted by Crippen LogP contribution is -2.37. The van der Waals surface area contributed by atoms with Crippen LogP contribution in [0.15, 0.2) is 60.7 Å². The molecule has 2 aromatic rings. The highest BCUT2D eigenvalue weighted by Crippen LogP contribution is 2.35. The average Bonchev–Trinajstić information content (AvgIpc) is 3.13. The van der Waals surface area contributed by atoms with E-state index < -0.39 is 35.0 Å². The minimum atomic E-state index is -4.05. The van der Waals surface area contributed by atoms with Crippen molar-refractivity contribution in [1.29, 1.82) is 0 Å². The molecule has 2 aromatic carbocycles. The summed E-state index contributed by atoms with van der Waals surface area (Å²) in [5.41, 5.74) is 2.00. The predicted molar refractivity (Wildman–Crippen MR) is 94.7 cm³/mol. The van der Waals surface area contributed by atoms with Gasteiger partial charge in [0.05, 0.1) is 19.8 Å². The molecule has 0 radical (unpaired) electrons. The van der Waals surface area contributed by atoms with Crippen LogP contribution in [-0.4, -0.2) is 39.6 Å². The maximum Gasteiger partial charge on any atom is 0.403 e. The zero-order valence-corrected chi connectivity index (χ0v) is 15.3. The van der Waals surface area contributed by atoms with E-state index in [9.17, 15) is 8.42 Å². The van der Waals surface area contributed by atoms with Crippen LogP contribution in [0.2, 0.25) is 0 Å². The van der Waals surface area contributed by atoms with E-state index in [1.165, 1.54) is 0 Å². The Hall–Kier alpha value is -1.81.